The Hall–Kier alpha value is -2.44. The van der Waals surface area contributed by atoms with Gasteiger partial charge in [-0.25, -0.2) is 4.98 Å². The SMILES string of the molecule is CCCNc1ncccc1C(=O)NCCc1nc(C)no1. The van der Waals surface area contributed by atoms with Gasteiger partial charge < -0.3 is 15.2 Å². The van der Waals surface area contributed by atoms with E-state index in [0.29, 0.717) is 36.1 Å². The van der Waals surface area contributed by atoms with Crippen LogP contribution in [0.1, 0.15) is 35.4 Å². The zero-order chi connectivity index (χ0) is 15.1. The van der Waals surface area contributed by atoms with Gasteiger partial charge >= 0.3 is 0 Å². The Morgan fingerprint density at radius 3 is 2.95 bits per heavy atom. The normalized spacial score (nSPS) is 10.4. The Balaban J connectivity index is 1.90. The van der Waals surface area contributed by atoms with Gasteiger partial charge in [0.2, 0.25) is 5.89 Å². The van der Waals surface area contributed by atoms with E-state index in [0.717, 1.165) is 13.0 Å². The van der Waals surface area contributed by atoms with Gasteiger partial charge in [0.15, 0.2) is 5.82 Å². The number of carbonyl (C=O) groups is 1. The summed E-state index contributed by atoms with van der Waals surface area (Å²) in [6, 6.07) is 3.49. The highest BCUT2D eigenvalue weighted by Gasteiger charge is 2.12. The van der Waals surface area contributed by atoms with Crippen molar-refractivity contribution in [3.63, 3.8) is 0 Å². The van der Waals surface area contributed by atoms with Gasteiger partial charge in [-0.15, -0.1) is 0 Å². The van der Waals surface area contributed by atoms with Crippen molar-refractivity contribution in [2.24, 2.45) is 0 Å². The molecule has 0 aliphatic carbocycles. The number of pyridine rings is 1. The second-order valence-corrected chi connectivity index (χ2v) is 4.57. The van der Waals surface area contributed by atoms with Gasteiger partial charge in [0.25, 0.3) is 5.91 Å². The molecule has 21 heavy (non-hydrogen) atoms. The van der Waals surface area contributed by atoms with Crippen LogP contribution in [0.5, 0.6) is 0 Å². The van der Waals surface area contributed by atoms with Crippen LogP contribution in [0.15, 0.2) is 22.9 Å². The maximum absolute atomic E-state index is 12.2. The molecule has 0 aliphatic heterocycles. The van der Waals surface area contributed by atoms with E-state index in [1.54, 1.807) is 25.3 Å². The van der Waals surface area contributed by atoms with Crippen molar-refractivity contribution in [3.8, 4) is 0 Å². The van der Waals surface area contributed by atoms with Crippen molar-refractivity contribution in [1.82, 2.24) is 20.4 Å². The van der Waals surface area contributed by atoms with E-state index in [1.165, 1.54) is 0 Å². The molecule has 2 rings (SSSR count). The Labute approximate surface area is 123 Å². The van der Waals surface area contributed by atoms with Crippen LogP contribution < -0.4 is 10.6 Å². The minimum atomic E-state index is -0.169. The molecule has 7 heteroatoms. The average Bonchev–Trinajstić information content (AvgIpc) is 2.91. The van der Waals surface area contributed by atoms with Crippen LogP contribution >= 0.6 is 0 Å². The molecule has 2 aromatic heterocycles. The van der Waals surface area contributed by atoms with Crippen molar-refractivity contribution in [1.29, 1.82) is 0 Å². The maximum atomic E-state index is 12.2. The molecular weight excluding hydrogens is 270 g/mol. The predicted octanol–water partition coefficient (Wildman–Crippen LogP) is 1.57. The number of amides is 1. The smallest absolute Gasteiger partial charge is 0.255 e. The number of rotatable bonds is 7. The lowest BCUT2D eigenvalue weighted by Crippen LogP contribution is -2.27. The Kier molecular flexibility index (Phi) is 5.25. The van der Waals surface area contributed by atoms with E-state index in [9.17, 15) is 4.79 Å². The number of aromatic nitrogens is 3. The molecule has 0 unspecified atom stereocenters. The topological polar surface area (TPSA) is 92.9 Å². The van der Waals surface area contributed by atoms with Gasteiger partial charge in [0.05, 0.1) is 5.56 Å². The highest BCUT2D eigenvalue weighted by atomic mass is 16.5. The minimum Gasteiger partial charge on any atom is -0.369 e. The summed E-state index contributed by atoms with van der Waals surface area (Å²) in [4.78, 5) is 20.4. The van der Waals surface area contributed by atoms with Crippen molar-refractivity contribution in [3.05, 3.63) is 35.6 Å². The van der Waals surface area contributed by atoms with E-state index in [1.807, 2.05) is 0 Å². The first-order valence-corrected chi connectivity index (χ1v) is 6.97. The Morgan fingerprint density at radius 2 is 2.24 bits per heavy atom. The first-order valence-electron chi connectivity index (χ1n) is 6.97. The molecule has 0 bridgehead atoms. The second kappa shape index (κ2) is 7.37. The molecule has 112 valence electrons. The highest BCUT2D eigenvalue weighted by Crippen LogP contribution is 2.11. The lowest BCUT2D eigenvalue weighted by molar-refractivity contribution is 0.0954. The van der Waals surface area contributed by atoms with Crippen LogP contribution in [-0.2, 0) is 6.42 Å². The Morgan fingerprint density at radius 1 is 1.38 bits per heavy atom. The fourth-order valence-corrected chi connectivity index (χ4v) is 1.79. The third kappa shape index (κ3) is 4.27. The van der Waals surface area contributed by atoms with Gasteiger partial charge in [0, 0.05) is 25.7 Å². The summed E-state index contributed by atoms with van der Waals surface area (Å²) in [5.74, 6) is 1.54. The molecule has 0 saturated heterocycles. The zero-order valence-corrected chi connectivity index (χ0v) is 12.2. The van der Waals surface area contributed by atoms with Gasteiger partial charge in [-0.2, -0.15) is 4.98 Å². The third-order valence-electron chi connectivity index (χ3n) is 2.79. The number of hydrogen-bond donors (Lipinski definition) is 2. The molecule has 0 aromatic carbocycles. The fraction of sp³-hybridized carbons (Fsp3) is 0.429. The first kappa shape index (κ1) is 15.0. The molecule has 0 fully saturated rings. The molecule has 0 saturated carbocycles. The minimum absolute atomic E-state index is 0.169. The number of carbonyl (C=O) groups excluding carboxylic acids is 1. The fourth-order valence-electron chi connectivity index (χ4n) is 1.79. The molecule has 2 heterocycles. The number of hydrogen-bond acceptors (Lipinski definition) is 6. The molecular formula is C14H19N5O2. The summed E-state index contributed by atoms with van der Waals surface area (Å²) < 4.78 is 4.99. The van der Waals surface area contributed by atoms with E-state index >= 15 is 0 Å². The second-order valence-electron chi connectivity index (χ2n) is 4.57. The summed E-state index contributed by atoms with van der Waals surface area (Å²) in [6.07, 6.45) is 3.13. The van der Waals surface area contributed by atoms with Gasteiger partial charge in [-0.1, -0.05) is 12.1 Å². The van der Waals surface area contributed by atoms with Crippen molar-refractivity contribution >= 4 is 11.7 Å². The number of anilines is 1. The standard InChI is InChI=1S/C14H19N5O2/c1-3-7-15-13-11(5-4-8-16-13)14(20)17-9-6-12-18-10(2)19-21-12/h4-5,8H,3,6-7,9H2,1-2H3,(H,15,16)(H,17,20). The summed E-state index contributed by atoms with van der Waals surface area (Å²) in [5, 5.41) is 9.67. The van der Waals surface area contributed by atoms with E-state index < -0.39 is 0 Å². The molecule has 0 atom stereocenters. The summed E-state index contributed by atoms with van der Waals surface area (Å²) in [6.45, 7) is 5.02. The summed E-state index contributed by atoms with van der Waals surface area (Å²) in [5.41, 5.74) is 0.535. The first-order chi connectivity index (χ1) is 10.2. The highest BCUT2D eigenvalue weighted by molar-refractivity contribution is 5.98. The lowest BCUT2D eigenvalue weighted by Gasteiger charge is -2.09. The zero-order valence-electron chi connectivity index (χ0n) is 12.2. The van der Waals surface area contributed by atoms with Gasteiger partial charge in [-0.3, -0.25) is 4.79 Å². The molecule has 2 aromatic rings. The van der Waals surface area contributed by atoms with Crippen LogP contribution in [0, 0.1) is 6.92 Å². The van der Waals surface area contributed by atoms with Crippen LogP contribution in [0.4, 0.5) is 5.82 Å². The molecule has 7 nitrogen and oxygen atoms in total. The van der Waals surface area contributed by atoms with E-state index in [4.69, 9.17) is 4.52 Å². The number of nitrogens with one attached hydrogen (secondary N) is 2. The molecule has 2 N–H and O–H groups in total. The molecule has 0 spiro atoms. The summed E-state index contributed by atoms with van der Waals surface area (Å²) in [7, 11) is 0. The monoisotopic (exact) mass is 289 g/mol. The van der Waals surface area contributed by atoms with Crippen LogP contribution in [0.2, 0.25) is 0 Å². The number of aryl methyl sites for hydroxylation is 1. The molecule has 0 radical (unpaired) electrons. The van der Waals surface area contributed by atoms with Gasteiger partial charge in [0.1, 0.15) is 5.82 Å². The van der Waals surface area contributed by atoms with Crippen molar-refractivity contribution < 1.29 is 9.32 Å². The van der Waals surface area contributed by atoms with E-state index in [-0.39, 0.29) is 5.91 Å². The van der Waals surface area contributed by atoms with Crippen LogP contribution in [0.3, 0.4) is 0 Å². The average molecular weight is 289 g/mol. The Bertz CT molecular complexity index is 597. The lowest BCUT2D eigenvalue weighted by atomic mass is 10.2. The maximum Gasteiger partial charge on any atom is 0.255 e. The van der Waals surface area contributed by atoms with Crippen molar-refractivity contribution in [2.75, 3.05) is 18.4 Å². The number of nitrogens with zero attached hydrogens (tertiary/aromatic N) is 3. The predicted molar refractivity (Wildman–Crippen MR) is 78.1 cm³/mol. The van der Waals surface area contributed by atoms with Crippen LogP contribution in [-0.4, -0.2) is 34.1 Å². The quantitative estimate of drug-likeness (QED) is 0.803. The van der Waals surface area contributed by atoms with Crippen molar-refractivity contribution in [2.45, 2.75) is 26.7 Å². The summed E-state index contributed by atoms with van der Waals surface area (Å²) >= 11 is 0. The largest absolute Gasteiger partial charge is 0.369 e. The van der Waals surface area contributed by atoms with E-state index in [2.05, 4.69) is 32.7 Å². The van der Waals surface area contributed by atoms with Crippen LogP contribution in [0.25, 0.3) is 0 Å². The third-order valence-corrected chi connectivity index (χ3v) is 2.79. The molecule has 1 amide bonds. The van der Waals surface area contributed by atoms with Gasteiger partial charge in [-0.05, 0) is 25.5 Å². The molecule has 0 aliphatic rings.